The van der Waals surface area contributed by atoms with E-state index in [1.54, 1.807) is 18.2 Å². The summed E-state index contributed by atoms with van der Waals surface area (Å²) in [6.07, 6.45) is -0.124. The standard InChI is InChI=1S/C15H20N2O4S/c1-15(2,3)12-4-6-13(7-5-12)22(19,20)17-10-8-14(18)21-11-9-16/h4-7,17H,8,10-11H2,1-3H3. The molecule has 0 spiro atoms. The van der Waals surface area contributed by atoms with Crippen LogP contribution in [0.4, 0.5) is 0 Å². The molecule has 6 nitrogen and oxygen atoms in total. The van der Waals surface area contributed by atoms with Crippen molar-refractivity contribution in [2.45, 2.75) is 37.5 Å². The van der Waals surface area contributed by atoms with Crippen molar-refractivity contribution in [1.82, 2.24) is 4.72 Å². The molecule has 0 atom stereocenters. The molecule has 0 heterocycles. The lowest BCUT2D eigenvalue weighted by Gasteiger charge is -2.19. The third kappa shape index (κ3) is 5.47. The van der Waals surface area contributed by atoms with Gasteiger partial charge < -0.3 is 4.74 Å². The van der Waals surface area contributed by atoms with E-state index in [0.717, 1.165) is 5.56 Å². The highest BCUT2D eigenvalue weighted by Gasteiger charge is 2.17. The van der Waals surface area contributed by atoms with Crippen LogP contribution in [0.25, 0.3) is 0 Å². The molecule has 1 aromatic carbocycles. The summed E-state index contributed by atoms with van der Waals surface area (Å²) in [6.45, 7) is 5.72. The molecule has 0 aliphatic rings. The normalized spacial score (nSPS) is 11.7. The number of nitriles is 1. The summed E-state index contributed by atoms with van der Waals surface area (Å²) in [7, 11) is -3.66. The quantitative estimate of drug-likeness (QED) is 0.804. The number of rotatable bonds is 6. The van der Waals surface area contributed by atoms with Crippen LogP contribution in [0.3, 0.4) is 0 Å². The highest BCUT2D eigenvalue weighted by Crippen LogP contribution is 2.23. The monoisotopic (exact) mass is 324 g/mol. The topological polar surface area (TPSA) is 96.3 Å². The Morgan fingerprint density at radius 2 is 1.86 bits per heavy atom. The number of sulfonamides is 1. The van der Waals surface area contributed by atoms with Crippen LogP contribution >= 0.6 is 0 Å². The van der Waals surface area contributed by atoms with E-state index in [2.05, 4.69) is 9.46 Å². The molecule has 1 aromatic rings. The van der Waals surface area contributed by atoms with E-state index in [-0.39, 0.29) is 29.9 Å². The molecule has 0 aliphatic heterocycles. The van der Waals surface area contributed by atoms with E-state index >= 15 is 0 Å². The van der Waals surface area contributed by atoms with Crippen LogP contribution in [0.1, 0.15) is 32.8 Å². The molecule has 0 fully saturated rings. The third-order valence-electron chi connectivity index (χ3n) is 2.95. The number of carbonyl (C=O) groups excluding carboxylic acids is 1. The fraction of sp³-hybridized carbons (Fsp3) is 0.467. The van der Waals surface area contributed by atoms with E-state index in [9.17, 15) is 13.2 Å². The molecule has 0 saturated heterocycles. The smallest absolute Gasteiger partial charge is 0.308 e. The van der Waals surface area contributed by atoms with E-state index < -0.39 is 16.0 Å². The average Bonchev–Trinajstić information content (AvgIpc) is 2.44. The van der Waals surface area contributed by atoms with Crippen molar-refractivity contribution in [2.24, 2.45) is 0 Å². The second kappa shape index (κ2) is 7.38. The Labute approximate surface area is 131 Å². The highest BCUT2D eigenvalue weighted by atomic mass is 32.2. The van der Waals surface area contributed by atoms with Crippen molar-refractivity contribution >= 4 is 16.0 Å². The van der Waals surface area contributed by atoms with Gasteiger partial charge in [0.2, 0.25) is 10.0 Å². The zero-order valence-electron chi connectivity index (χ0n) is 12.9. The largest absolute Gasteiger partial charge is 0.450 e. The molecule has 0 radical (unpaired) electrons. The molecule has 7 heteroatoms. The highest BCUT2D eigenvalue weighted by molar-refractivity contribution is 7.89. The molecule has 0 unspecified atom stereocenters. The van der Waals surface area contributed by atoms with Crippen LogP contribution in [0.15, 0.2) is 29.2 Å². The molecule has 0 aromatic heterocycles. The van der Waals surface area contributed by atoms with Crippen molar-refractivity contribution in [3.05, 3.63) is 29.8 Å². The summed E-state index contributed by atoms with van der Waals surface area (Å²) in [6, 6.07) is 8.29. The predicted octanol–water partition coefficient (Wildman–Crippen LogP) is 1.72. The van der Waals surface area contributed by atoms with Gasteiger partial charge >= 0.3 is 5.97 Å². The summed E-state index contributed by atoms with van der Waals surface area (Å²) in [5.41, 5.74) is 0.978. The first-order valence-electron chi connectivity index (χ1n) is 6.79. The Kier molecular flexibility index (Phi) is 6.09. The number of esters is 1. The van der Waals surface area contributed by atoms with Crippen molar-refractivity contribution in [3.63, 3.8) is 0 Å². The summed E-state index contributed by atoms with van der Waals surface area (Å²) in [5.74, 6) is -0.618. The van der Waals surface area contributed by atoms with Crippen LogP contribution in [0, 0.1) is 11.3 Å². The van der Waals surface area contributed by atoms with Crippen molar-refractivity contribution < 1.29 is 17.9 Å². The summed E-state index contributed by atoms with van der Waals surface area (Å²) in [5, 5.41) is 8.26. The Morgan fingerprint density at radius 1 is 1.27 bits per heavy atom. The van der Waals surface area contributed by atoms with Crippen LogP contribution in [0.5, 0.6) is 0 Å². The van der Waals surface area contributed by atoms with Crippen LogP contribution < -0.4 is 4.72 Å². The fourth-order valence-electron chi connectivity index (χ4n) is 1.69. The van der Waals surface area contributed by atoms with Gasteiger partial charge in [-0.05, 0) is 23.1 Å². The number of nitrogens with zero attached hydrogens (tertiary/aromatic N) is 1. The number of hydrogen-bond acceptors (Lipinski definition) is 5. The minimum Gasteiger partial charge on any atom is -0.450 e. The zero-order chi connectivity index (χ0) is 16.8. The third-order valence-corrected chi connectivity index (χ3v) is 4.43. The van der Waals surface area contributed by atoms with Gasteiger partial charge in [-0.25, -0.2) is 13.1 Å². The van der Waals surface area contributed by atoms with Crippen LogP contribution in [0.2, 0.25) is 0 Å². The van der Waals surface area contributed by atoms with Gasteiger partial charge in [0.05, 0.1) is 11.3 Å². The zero-order valence-corrected chi connectivity index (χ0v) is 13.7. The lowest BCUT2D eigenvalue weighted by molar-refractivity contribution is -0.142. The molecule has 0 aliphatic carbocycles. The SMILES string of the molecule is CC(C)(C)c1ccc(S(=O)(=O)NCCC(=O)OCC#N)cc1. The molecule has 22 heavy (non-hydrogen) atoms. The van der Waals surface area contributed by atoms with E-state index in [1.807, 2.05) is 20.8 Å². The van der Waals surface area contributed by atoms with Gasteiger partial charge in [0, 0.05) is 6.54 Å². The van der Waals surface area contributed by atoms with Gasteiger partial charge in [0.1, 0.15) is 6.07 Å². The maximum atomic E-state index is 12.1. The van der Waals surface area contributed by atoms with Crippen molar-refractivity contribution in [3.8, 4) is 6.07 Å². The maximum absolute atomic E-state index is 12.1. The lowest BCUT2D eigenvalue weighted by Crippen LogP contribution is -2.27. The summed E-state index contributed by atoms with van der Waals surface area (Å²) >= 11 is 0. The molecule has 0 bridgehead atoms. The van der Waals surface area contributed by atoms with Gasteiger partial charge in [0.15, 0.2) is 6.61 Å². The van der Waals surface area contributed by atoms with Gasteiger partial charge in [-0.2, -0.15) is 5.26 Å². The van der Waals surface area contributed by atoms with E-state index in [0.29, 0.717) is 0 Å². The minimum atomic E-state index is -3.66. The lowest BCUT2D eigenvalue weighted by atomic mass is 9.87. The van der Waals surface area contributed by atoms with Gasteiger partial charge in [-0.15, -0.1) is 0 Å². The van der Waals surface area contributed by atoms with E-state index in [1.165, 1.54) is 12.1 Å². The number of ether oxygens (including phenoxy) is 1. The minimum absolute atomic E-state index is 0.0553. The second-order valence-corrected chi connectivity index (χ2v) is 7.51. The molecule has 120 valence electrons. The predicted molar refractivity (Wildman–Crippen MR) is 81.5 cm³/mol. The molecule has 0 amide bonds. The first kappa shape index (κ1) is 18.1. The number of carbonyl (C=O) groups is 1. The summed E-state index contributed by atoms with van der Waals surface area (Å²) < 4.78 is 31.0. The molecule has 1 N–H and O–H groups in total. The van der Waals surface area contributed by atoms with Crippen molar-refractivity contribution in [2.75, 3.05) is 13.2 Å². The average molecular weight is 324 g/mol. The molecule has 0 saturated carbocycles. The Hall–Kier alpha value is -1.91. The number of nitrogens with one attached hydrogen (secondary N) is 1. The van der Waals surface area contributed by atoms with Crippen LogP contribution in [-0.2, 0) is 25.0 Å². The maximum Gasteiger partial charge on any atom is 0.308 e. The molecular formula is C15H20N2O4S. The van der Waals surface area contributed by atoms with Crippen LogP contribution in [-0.4, -0.2) is 27.5 Å². The Balaban J connectivity index is 2.64. The fourth-order valence-corrected chi connectivity index (χ4v) is 2.72. The Morgan fingerprint density at radius 3 is 2.36 bits per heavy atom. The number of benzene rings is 1. The first-order valence-corrected chi connectivity index (χ1v) is 8.28. The van der Waals surface area contributed by atoms with Gasteiger partial charge in [-0.1, -0.05) is 32.9 Å². The summed E-state index contributed by atoms with van der Waals surface area (Å²) in [4.78, 5) is 11.3. The van der Waals surface area contributed by atoms with E-state index in [4.69, 9.17) is 5.26 Å². The van der Waals surface area contributed by atoms with Crippen molar-refractivity contribution in [1.29, 1.82) is 5.26 Å². The first-order chi connectivity index (χ1) is 10.2. The second-order valence-electron chi connectivity index (χ2n) is 5.74. The van der Waals surface area contributed by atoms with Gasteiger partial charge in [0.25, 0.3) is 0 Å². The molecular weight excluding hydrogens is 304 g/mol. The van der Waals surface area contributed by atoms with Gasteiger partial charge in [-0.3, -0.25) is 4.79 Å². The molecule has 1 rings (SSSR count). The Bertz CT molecular complexity index is 652. The number of hydrogen-bond donors (Lipinski definition) is 1.